The van der Waals surface area contributed by atoms with Crippen LogP contribution in [0.2, 0.25) is 0 Å². The lowest BCUT2D eigenvalue weighted by Crippen LogP contribution is -2.11. The SMILES string of the molecule is COC(=O)c1cc(Oc2ccc(S(C)(=O)=O)cc2)c(C=O)c(C(=O)OC)c1. The van der Waals surface area contributed by atoms with E-state index in [0.29, 0.717) is 6.29 Å². The molecule has 0 atom stereocenters. The van der Waals surface area contributed by atoms with Crippen LogP contribution in [0.1, 0.15) is 31.1 Å². The number of methoxy groups -OCH3 is 2. The quantitative estimate of drug-likeness (QED) is 0.543. The number of hydrogen-bond acceptors (Lipinski definition) is 8. The van der Waals surface area contributed by atoms with Crippen LogP contribution in [0.3, 0.4) is 0 Å². The molecule has 0 aliphatic rings. The number of carbonyl (C=O) groups is 3. The molecule has 0 unspecified atom stereocenters. The molecule has 0 saturated carbocycles. The third kappa shape index (κ3) is 4.50. The summed E-state index contributed by atoms with van der Waals surface area (Å²) >= 11 is 0. The summed E-state index contributed by atoms with van der Waals surface area (Å²) in [6.45, 7) is 0. The standard InChI is InChI=1S/C18H16O8S/c1-24-17(20)11-8-14(18(21)25-2)15(10-19)16(9-11)26-12-4-6-13(7-5-12)27(3,22)23/h4-10H,1-3H3. The van der Waals surface area contributed by atoms with Crippen molar-refractivity contribution in [2.45, 2.75) is 4.90 Å². The van der Waals surface area contributed by atoms with Gasteiger partial charge in [-0.25, -0.2) is 18.0 Å². The Morgan fingerprint density at radius 3 is 2.04 bits per heavy atom. The van der Waals surface area contributed by atoms with Gasteiger partial charge in [0.2, 0.25) is 0 Å². The van der Waals surface area contributed by atoms with Gasteiger partial charge in [-0.15, -0.1) is 0 Å². The molecule has 0 spiro atoms. The van der Waals surface area contributed by atoms with Crippen LogP contribution in [0.5, 0.6) is 11.5 Å². The third-order valence-corrected chi connectivity index (χ3v) is 4.69. The van der Waals surface area contributed by atoms with Gasteiger partial charge in [-0.2, -0.15) is 0 Å². The lowest BCUT2D eigenvalue weighted by Gasteiger charge is -2.13. The Labute approximate surface area is 155 Å². The number of hydrogen-bond donors (Lipinski definition) is 0. The fourth-order valence-corrected chi connectivity index (χ4v) is 2.86. The normalized spacial score (nSPS) is 10.8. The molecule has 0 N–H and O–H groups in total. The molecule has 2 aromatic rings. The molecule has 2 rings (SSSR count). The van der Waals surface area contributed by atoms with Crippen molar-refractivity contribution in [1.29, 1.82) is 0 Å². The van der Waals surface area contributed by atoms with Crippen molar-refractivity contribution in [2.24, 2.45) is 0 Å². The molecule has 27 heavy (non-hydrogen) atoms. The summed E-state index contributed by atoms with van der Waals surface area (Å²) in [4.78, 5) is 35.4. The van der Waals surface area contributed by atoms with Gasteiger partial charge in [0.25, 0.3) is 0 Å². The average molecular weight is 392 g/mol. The number of carbonyl (C=O) groups excluding carboxylic acids is 3. The van der Waals surface area contributed by atoms with Gasteiger partial charge in [0.15, 0.2) is 16.1 Å². The first-order valence-corrected chi connectivity index (χ1v) is 9.38. The highest BCUT2D eigenvalue weighted by atomic mass is 32.2. The summed E-state index contributed by atoms with van der Waals surface area (Å²) in [5.74, 6) is -1.46. The van der Waals surface area contributed by atoms with Crippen LogP contribution in [0.25, 0.3) is 0 Å². The first-order chi connectivity index (χ1) is 12.7. The smallest absolute Gasteiger partial charge is 0.338 e. The lowest BCUT2D eigenvalue weighted by molar-refractivity contribution is 0.0596. The van der Waals surface area contributed by atoms with Crippen LogP contribution in [0.4, 0.5) is 0 Å². The average Bonchev–Trinajstić information content (AvgIpc) is 2.65. The minimum absolute atomic E-state index is 0.0220. The highest BCUT2D eigenvalue weighted by Crippen LogP contribution is 2.30. The Bertz CT molecular complexity index is 991. The first kappa shape index (κ1) is 20.1. The maximum Gasteiger partial charge on any atom is 0.338 e. The van der Waals surface area contributed by atoms with Crippen LogP contribution >= 0.6 is 0 Å². The van der Waals surface area contributed by atoms with Crippen LogP contribution in [0.15, 0.2) is 41.3 Å². The molecule has 2 aromatic carbocycles. The maximum absolute atomic E-state index is 12.0. The Hall–Kier alpha value is -3.20. The second kappa shape index (κ2) is 8.00. The van der Waals surface area contributed by atoms with Gasteiger partial charge in [-0.1, -0.05) is 0 Å². The molecule has 0 heterocycles. The molecule has 0 aromatic heterocycles. The summed E-state index contributed by atoms with van der Waals surface area (Å²) in [6, 6.07) is 7.84. The van der Waals surface area contributed by atoms with Gasteiger partial charge < -0.3 is 14.2 Å². The van der Waals surface area contributed by atoms with E-state index in [2.05, 4.69) is 9.47 Å². The summed E-state index contributed by atoms with van der Waals surface area (Å²) < 4.78 is 37.9. The van der Waals surface area contributed by atoms with E-state index < -0.39 is 21.8 Å². The largest absolute Gasteiger partial charge is 0.465 e. The highest BCUT2D eigenvalue weighted by Gasteiger charge is 2.21. The zero-order valence-electron chi connectivity index (χ0n) is 14.7. The lowest BCUT2D eigenvalue weighted by atomic mass is 10.0. The number of rotatable bonds is 6. The Balaban J connectivity index is 2.55. The van der Waals surface area contributed by atoms with E-state index in [-0.39, 0.29) is 33.1 Å². The number of benzene rings is 2. The number of sulfone groups is 1. The van der Waals surface area contributed by atoms with Gasteiger partial charge in [-0.05, 0) is 36.4 Å². The summed E-state index contributed by atoms with van der Waals surface area (Å²) in [7, 11) is -1.09. The number of esters is 2. The van der Waals surface area contributed by atoms with E-state index in [4.69, 9.17) is 4.74 Å². The summed E-state index contributed by atoms with van der Waals surface area (Å²) in [5.41, 5.74) is -0.314. The number of aldehydes is 1. The molecule has 0 aliphatic heterocycles. The topological polar surface area (TPSA) is 113 Å². The molecule has 0 saturated heterocycles. The predicted molar refractivity (Wildman–Crippen MR) is 94.1 cm³/mol. The second-order valence-corrected chi connectivity index (χ2v) is 7.40. The van der Waals surface area contributed by atoms with Crippen molar-refractivity contribution in [2.75, 3.05) is 20.5 Å². The molecule has 0 fully saturated rings. The van der Waals surface area contributed by atoms with E-state index in [0.717, 1.165) is 20.5 Å². The van der Waals surface area contributed by atoms with E-state index in [1.54, 1.807) is 0 Å². The molecule has 0 aliphatic carbocycles. The Morgan fingerprint density at radius 2 is 1.56 bits per heavy atom. The van der Waals surface area contributed by atoms with Crippen molar-refractivity contribution >= 4 is 28.1 Å². The summed E-state index contributed by atoms with van der Waals surface area (Å²) in [5, 5.41) is 0. The van der Waals surface area contributed by atoms with E-state index in [1.165, 1.54) is 36.4 Å². The summed E-state index contributed by atoms with van der Waals surface area (Å²) in [6.07, 6.45) is 1.46. The minimum atomic E-state index is -3.38. The fourth-order valence-electron chi connectivity index (χ4n) is 2.23. The monoisotopic (exact) mass is 392 g/mol. The van der Waals surface area contributed by atoms with Crippen LogP contribution in [-0.4, -0.2) is 47.1 Å². The Morgan fingerprint density at radius 1 is 0.963 bits per heavy atom. The van der Waals surface area contributed by atoms with Gasteiger partial charge in [-0.3, -0.25) is 4.79 Å². The molecule has 0 radical (unpaired) electrons. The van der Waals surface area contributed by atoms with Gasteiger partial charge in [0.1, 0.15) is 11.5 Å². The number of ether oxygens (including phenoxy) is 3. The molecular formula is C18H16O8S. The van der Waals surface area contributed by atoms with Crippen molar-refractivity contribution in [3.8, 4) is 11.5 Å². The molecule has 0 bridgehead atoms. The molecule has 8 nitrogen and oxygen atoms in total. The predicted octanol–water partition coefficient (Wildman–Crippen LogP) is 2.27. The van der Waals surface area contributed by atoms with Crippen molar-refractivity contribution < 1.29 is 37.0 Å². The Kier molecular flexibility index (Phi) is 5.96. The fraction of sp³-hybridized carbons (Fsp3) is 0.167. The van der Waals surface area contributed by atoms with Crippen LogP contribution in [-0.2, 0) is 19.3 Å². The van der Waals surface area contributed by atoms with Crippen LogP contribution < -0.4 is 4.74 Å². The third-order valence-electron chi connectivity index (χ3n) is 3.57. The minimum Gasteiger partial charge on any atom is -0.465 e. The van der Waals surface area contributed by atoms with E-state index in [9.17, 15) is 22.8 Å². The first-order valence-electron chi connectivity index (χ1n) is 7.49. The van der Waals surface area contributed by atoms with Crippen molar-refractivity contribution in [3.63, 3.8) is 0 Å². The van der Waals surface area contributed by atoms with Gasteiger partial charge >= 0.3 is 11.9 Å². The zero-order valence-corrected chi connectivity index (χ0v) is 15.5. The van der Waals surface area contributed by atoms with Gasteiger partial charge in [0, 0.05) is 6.26 Å². The maximum atomic E-state index is 12.0. The molecule has 142 valence electrons. The molecule has 9 heteroatoms. The van der Waals surface area contributed by atoms with Crippen molar-refractivity contribution in [3.05, 3.63) is 53.1 Å². The van der Waals surface area contributed by atoms with E-state index >= 15 is 0 Å². The second-order valence-electron chi connectivity index (χ2n) is 5.38. The molecular weight excluding hydrogens is 376 g/mol. The zero-order chi connectivity index (χ0) is 20.2. The highest BCUT2D eigenvalue weighted by molar-refractivity contribution is 7.90. The van der Waals surface area contributed by atoms with E-state index in [1.807, 2.05) is 0 Å². The van der Waals surface area contributed by atoms with Crippen molar-refractivity contribution in [1.82, 2.24) is 0 Å². The van der Waals surface area contributed by atoms with Crippen LogP contribution in [0, 0.1) is 0 Å². The van der Waals surface area contributed by atoms with Gasteiger partial charge in [0.05, 0.1) is 35.8 Å². The molecule has 0 amide bonds.